The number of hydrogen-bond acceptors (Lipinski definition) is 4. The first-order valence-corrected chi connectivity index (χ1v) is 8.91. The molecule has 134 valence electrons. The Labute approximate surface area is 145 Å². The zero-order valence-electron chi connectivity index (χ0n) is 15.3. The van der Waals surface area contributed by atoms with Crippen LogP contribution < -0.4 is 9.47 Å². The lowest BCUT2D eigenvalue weighted by Crippen LogP contribution is -2.16. The molecule has 1 aromatic carbocycles. The fourth-order valence-corrected chi connectivity index (χ4v) is 2.19. The fourth-order valence-electron chi connectivity index (χ4n) is 2.19. The summed E-state index contributed by atoms with van der Waals surface area (Å²) in [6.45, 7) is 7.97. The van der Waals surface area contributed by atoms with Gasteiger partial charge in [-0.3, -0.25) is 9.59 Å². The van der Waals surface area contributed by atoms with E-state index in [4.69, 9.17) is 9.47 Å². The molecule has 0 aliphatic rings. The van der Waals surface area contributed by atoms with Gasteiger partial charge in [-0.1, -0.05) is 65.5 Å². The maximum atomic E-state index is 12.0. The van der Waals surface area contributed by atoms with Gasteiger partial charge in [0.05, 0.1) is 5.92 Å². The number of hydrogen-bond donors (Lipinski definition) is 0. The molecular weight excluding hydrogens is 304 g/mol. The van der Waals surface area contributed by atoms with Crippen molar-refractivity contribution in [1.29, 1.82) is 0 Å². The van der Waals surface area contributed by atoms with Gasteiger partial charge in [-0.05, 0) is 24.5 Å². The smallest absolute Gasteiger partial charge is 0.313 e. The summed E-state index contributed by atoms with van der Waals surface area (Å²) in [5.41, 5.74) is 0. The number of unbranched alkanes of at least 4 members (excludes halogenated alkanes) is 3. The monoisotopic (exact) mass is 334 g/mol. The van der Waals surface area contributed by atoms with Crippen LogP contribution in [-0.2, 0) is 9.59 Å². The zero-order valence-corrected chi connectivity index (χ0v) is 15.3. The third-order valence-electron chi connectivity index (χ3n) is 3.67. The first-order valence-electron chi connectivity index (χ1n) is 8.91. The maximum absolute atomic E-state index is 12.0. The standard InChI is InChI=1S/C20H30O4/c1-15(2)11-7-5-6-8-14-19(21)23-17-12-9-10-13-18(17)24-20(22)16(3)4/h9-10,12-13,15-16H,5-8,11,14H2,1-4H3. The van der Waals surface area contributed by atoms with Crippen molar-refractivity contribution in [2.75, 3.05) is 0 Å². The molecule has 0 fully saturated rings. The van der Waals surface area contributed by atoms with Crippen molar-refractivity contribution in [2.24, 2.45) is 11.8 Å². The van der Waals surface area contributed by atoms with Gasteiger partial charge in [-0.2, -0.15) is 0 Å². The van der Waals surface area contributed by atoms with Gasteiger partial charge in [0.1, 0.15) is 0 Å². The van der Waals surface area contributed by atoms with E-state index in [2.05, 4.69) is 13.8 Å². The van der Waals surface area contributed by atoms with Crippen LogP contribution in [0.4, 0.5) is 0 Å². The Balaban J connectivity index is 2.40. The molecule has 1 aromatic rings. The minimum atomic E-state index is -0.344. The lowest BCUT2D eigenvalue weighted by molar-refractivity contribution is -0.139. The zero-order chi connectivity index (χ0) is 17.9. The molecule has 0 atom stereocenters. The van der Waals surface area contributed by atoms with Crippen LogP contribution in [-0.4, -0.2) is 11.9 Å². The van der Waals surface area contributed by atoms with E-state index in [1.165, 1.54) is 12.8 Å². The van der Waals surface area contributed by atoms with Crippen LogP contribution in [0.5, 0.6) is 11.5 Å². The molecule has 0 heterocycles. The van der Waals surface area contributed by atoms with Gasteiger partial charge in [-0.25, -0.2) is 0 Å². The van der Waals surface area contributed by atoms with E-state index in [0.717, 1.165) is 25.2 Å². The van der Waals surface area contributed by atoms with Crippen molar-refractivity contribution in [3.63, 3.8) is 0 Å². The average molecular weight is 334 g/mol. The minimum Gasteiger partial charge on any atom is -0.423 e. The van der Waals surface area contributed by atoms with Crippen LogP contribution >= 0.6 is 0 Å². The lowest BCUT2D eigenvalue weighted by Gasteiger charge is -2.11. The maximum Gasteiger partial charge on any atom is 0.313 e. The summed E-state index contributed by atoms with van der Waals surface area (Å²) < 4.78 is 10.6. The van der Waals surface area contributed by atoms with Gasteiger partial charge < -0.3 is 9.47 Å². The molecule has 0 spiro atoms. The first kappa shape index (κ1) is 20.2. The quantitative estimate of drug-likeness (QED) is 0.337. The van der Waals surface area contributed by atoms with Crippen LogP contribution in [0.3, 0.4) is 0 Å². The third kappa shape index (κ3) is 8.14. The summed E-state index contributed by atoms with van der Waals surface area (Å²) in [4.78, 5) is 23.7. The van der Waals surface area contributed by atoms with Crippen molar-refractivity contribution < 1.29 is 19.1 Å². The normalized spacial score (nSPS) is 10.9. The molecule has 0 unspecified atom stereocenters. The molecule has 0 aliphatic heterocycles. The number of carbonyl (C=O) groups excluding carboxylic acids is 2. The Kier molecular flexibility index (Phi) is 9.13. The predicted molar refractivity (Wildman–Crippen MR) is 95.1 cm³/mol. The van der Waals surface area contributed by atoms with Crippen LogP contribution in [0.2, 0.25) is 0 Å². The van der Waals surface area contributed by atoms with Crippen molar-refractivity contribution in [1.82, 2.24) is 0 Å². The second kappa shape index (κ2) is 10.8. The van der Waals surface area contributed by atoms with Crippen LogP contribution in [0.15, 0.2) is 24.3 Å². The molecule has 0 amide bonds. The molecule has 1 rings (SSSR count). The Morgan fingerprint density at radius 1 is 0.875 bits per heavy atom. The van der Waals surface area contributed by atoms with Gasteiger partial charge in [-0.15, -0.1) is 0 Å². The number of carbonyl (C=O) groups is 2. The van der Waals surface area contributed by atoms with Crippen molar-refractivity contribution in [3.8, 4) is 11.5 Å². The highest BCUT2D eigenvalue weighted by Gasteiger charge is 2.15. The fraction of sp³-hybridized carbons (Fsp3) is 0.600. The molecule has 0 bridgehead atoms. The van der Waals surface area contributed by atoms with Crippen LogP contribution in [0.1, 0.15) is 66.2 Å². The van der Waals surface area contributed by atoms with Crippen LogP contribution in [0, 0.1) is 11.8 Å². The van der Waals surface area contributed by atoms with E-state index in [0.29, 0.717) is 17.9 Å². The Hall–Kier alpha value is -1.84. The molecule has 0 N–H and O–H groups in total. The number of esters is 2. The summed E-state index contributed by atoms with van der Waals surface area (Å²) in [5, 5.41) is 0. The second-order valence-electron chi connectivity index (χ2n) is 6.84. The molecule has 0 radical (unpaired) electrons. The highest BCUT2D eigenvalue weighted by atomic mass is 16.6. The molecule has 0 aromatic heterocycles. The third-order valence-corrected chi connectivity index (χ3v) is 3.67. The summed E-state index contributed by atoms with van der Waals surface area (Å²) in [6.07, 6.45) is 5.83. The minimum absolute atomic E-state index is 0.236. The van der Waals surface area contributed by atoms with E-state index in [1.807, 2.05) is 0 Å². The largest absolute Gasteiger partial charge is 0.423 e. The SMILES string of the molecule is CC(C)CCCCCCC(=O)Oc1ccccc1OC(=O)C(C)C. The summed E-state index contributed by atoms with van der Waals surface area (Å²) >= 11 is 0. The van der Waals surface area contributed by atoms with Gasteiger partial charge in [0.25, 0.3) is 0 Å². The molecule has 4 nitrogen and oxygen atoms in total. The Morgan fingerprint density at radius 2 is 1.46 bits per heavy atom. The van der Waals surface area contributed by atoms with Gasteiger partial charge in [0, 0.05) is 6.42 Å². The number of benzene rings is 1. The molecular formula is C20H30O4. The lowest BCUT2D eigenvalue weighted by atomic mass is 10.0. The average Bonchev–Trinajstić information content (AvgIpc) is 2.52. The first-order chi connectivity index (χ1) is 11.4. The molecule has 24 heavy (non-hydrogen) atoms. The van der Waals surface area contributed by atoms with E-state index in [1.54, 1.807) is 38.1 Å². The van der Waals surface area contributed by atoms with E-state index >= 15 is 0 Å². The summed E-state index contributed by atoms with van der Waals surface area (Å²) in [5.74, 6) is 0.466. The van der Waals surface area contributed by atoms with Crippen molar-refractivity contribution in [3.05, 3.63) is 24.3 Å². The summed E-state index contributed by atoms with van der Waals surface area (Å²) in [6, 6.07) is 6.77. The Morgan fingerprint density at radius 3 is 2.04 bits per heavy atom. The van der Waals surface area contributed by atoms with Gasteiger partial charge >= 0.3 is 11.9 Å². The molecule has 0 saturated carbocycles. The summed E-state index contributed by atoms with van der Waals surface area (Å²) in [7, 11) is 0. The number of para-hydroxylation sites is 2. The highest BCUT2D eigenvalue weighted by Crippen LogP contribution is 2.27. The highest BCUT2D eigenvalue weighted by molar-refractivity contribution is 5.77. The van der Waals surface area contributed by atoms with Crippen molar-refractivity contribution in [2.45, 2.75) is 66.2 Å². The van der Waals surface area contributed by atoms with Gasteiger partial charge in [0.2, 0.25) is 0 Å². The van der Waals surface area contributed by atoms with E-state index in [-0.39, 0.29) is 17.9 Å². The number of rotatable bonds is 10. The number of ether oxygens (including phenoxy) is 2. The molecule has 0 saturated heterocycles. The second-order valence-corrected chi connectivity index (χ2v) is 6.84. The van der Waals surface area contributed by atoms with E-state index < -0.39 is 0 Å². The molecule has 4 heteroatoms. The van der Waals surface area contributed by atoms with E-state index in [9.17, 15) is 9.59 Å². The van der Waals surface area contributed by atoms with Crippen molar-refractivity contribution >= 4 is 11.9 Å². The van der Waals surface area contributed by atoms with Gasteiger partial charge in [0.15, 0.2) is 11.5 Å². The topological polar surface area (TPSA) is 52.6 Å². The Bertz CT molecular complexity index is 520. The van der Waals surface area contributed by atoms with Crippen LogP contribution in [0.25, 0.3) is 0 Å². The molecule has 0 aliphatic carbocycles. The predicted octanol–water partition coefficient (Wildman–Crippen LogP) is 5.15.